The molecule has 1 atom stereocenters. The number of aliphatic hydroxyl groups is 1. The molecule has 16 heavy (non-hydrogen) atoms. The van der Waals surface area contributed by atoms with Crippen molar-refractivity contribution < 1.29 is 9.90 Å². The highest BCUT2D eigenvalue weighted by atomic mass is 79.9. The van der Waals surface area contributed by atoms with Crippen LogP contribution in [-0.4, -0.2) is 23.7 Å². The highest BCUT2D eigenvalue weighted by molar-refractivity contribution is 9.12. The molecule has 1 aromatic rings. The first-order chi connectivity index (χ1) is 7.58. The summed E-state index contributed by atoms with van der Waals surface area (Å²) in [5, 5.41) is 11.7. The van der Waals surface area contributed by atoms with Crippen molar-refractivity contribution in [2.24, 2.45) is 0 Å². The van der Waals surface area contributed by atoms with Gasteiger partial charge < -0.3 is 10.4 Å². The third-order valence-corrected chi connectivity index (χ3v) is 4.55. The summed E-state index contributed by atoms with van der Waals surface area (Å²) in [6, 6.07) is 1.82. The lowest BCUT2D eigenvalue weighted by Gasteiger charge is -2.15. The molecule has 1 rings (SSSR count). The van der Waals surface area contributed by atoms with Crippen molar-refractivity contribution in [2.45, 2.75) is 25.8 Å². The molecule has 0 saturated heterocycles. The van der Waals surface area contributed by atoms with Gasteiger partial charge in [0.2, 0.25) is 0 Å². The Morgan fingerprint density at radius 2 is 2.31 bits per heavy atom. The maximum Gasteiger partial charge on any atom is 0.253 e. The average molecular weight is 371 g/mol. The van der Waals surface area contributed by atoms with Crippen molar-refractivity contribution in [1.82, 2.24) is 5.32 Å². The van der Waals surface area contributed by atoms with Crippen molar-refractivity contribution in [3.8, 4) is 0 Å². The number of carbonyl (C=O) groups is 1. The Kier molecular flexibility index (Phi) is 5.96. The lowest BCUT2D eigenvalue weighted by atomic mass is 10.1. The normalized spacial score (nSPS) is 12.5. The van der Waals surface area contributed by atoms with E-state index in [2.05, 4.69) is 37.2 Å². The Hall–Kier alpha value is 0.0900. The minimum absolute atomic E-state index is 0.0306. The molecule has 0 aliphatic rings. The van der Waals surface area contributed by atoms with Crippen LogP contribution in [0.5, 0.6) is 0 Å². The maximum atomic E-state index is 11.9. The summed E-state index contributed by atoms with van der Waals surface area (Å²) in [5.74, 6) is -0.103. The molecule has 1 heterocycles. The van der Waals surface area contributed by atoms with Crippen molar-refractivity contribution in [3.05, 3.63) is 19.2 Å². The Labute approximate surface area is 116 Å². The van der Waals surface area contributed by atoms with Crippen LogP contribution in [0.3, 0.4) is 0 Å². The molecule has 6 heteroatoms. The molecule has 3 nitrogen and oxygen atoms in total. The molecule has 0 radical (unpaired) electrons. The summed E-state index contributed by atoms with van der Waals surface area (Å²) >= 11 is 8.15. The van der Waals surface area contributed by atoms with Gasteiger partial charge in [0.25, 0.3) is 5.91 Å². The monoisotopic (exact) mass is 369 g/mol. The molecule has 1 unspecified atom stereocenters. The zero-order valence-corrected chi connectivity index (χ0v) is 12.8. The van der Waals surface area contributed by atoms with E-state index in [0.29, 0.717) is 12.0 Å². The van der Waals surface area contributed by atoms with Gasteiger partial charge in [0, 0.05) is 12.6 Å². The number of hydrogen-bond acceptors (Lipinski definition) is 3. The Morgan fingerprint density at radius 3 is 2.75 bits per heavy atom. The second-order valence-electron chi connectivity index (χ2n) is 3.33. The van der Waals surface area contributed by atoms with E-state index < -0.39 is 0 Å². The zero-order chi connectivity index (χ0) is 12.1. The van der Waals surface area contributed by atoms with Gasteiger partial charge >= 0.3 is 0 Å². The number of rotatable bonds is 5. The highest BCUT2D eigenvalue weighted by Crippen LogP contribution is 2.31. The summed E-state index contributed by atoms with van der Waals surface area (Å²) < 4.78 is 1.73. The second kappa shape index (κ2) is 6.74. The van der Waals surface area contributed by atoms with Crippen LogP contribution >= 0.6 is 43.2 Å². The summed E-state index contributed by atoms with van der Waals surface area (Å²) in [7, 11) is 0. The zero-order valence-electron chi connectivity index (χ0n) is 8.80. The number of halogens is 2. The summed E-state index contributed by atoms with van der Waals surface area (Å²) in [5.41, 5.74) is 0.633. The Bertz CT molecular complexity index is 368. The number of hydrogen-bond donors (Lipinski definition) is 2. The maximum absolute atomic E-state index is 11.9. The molecule has 1 amide bonds. The summed E-state index contributed by atoms with van der Waals surface area (Å²) in [6.45, 7) is 2.08. The smallest absolute Gasteiger partial charge is 0.253 e. The van der Waals surface area contributed by atoms with Crippen molar-refractivity contribution >= 4 is 49.1 Å². The highest BCUT2D eigenvalue weighted by Gasteiger charge is 2.16. The Morgan fingerprint density at radius 1 is 1.62 bits per heavy atom. The third-order valence-electron chi connectivity index (χ3n) is 2.21. The van der Waals surface area contributed by atoms with Crippen molar-refractivity contribution in [3.63, 3.8) is 0 Å². The van der Waals surface area contributed by atoms with Gasteiger partial charge in [-0.15, -0.1) is 11.3 Å². The van der Waals surface area contributed by atoms with Crippen LogP contribution in [-0.2, 0) is 0 Å². The molecule has 0 spiro atoms. The standard InChI is InChI=1S/C10H13Br2NO2S/c1-2-6(3-4-14)13-10(15)7-5-8(11)16-9(7)12/h5-6,14H,2-4H2,1H3,(H,13,15). The fourth-order valence-corrected chi connectivity index (χ4v) is 4.09. The minimum atomic E-state index is -0.103. The second-order valence-corrected chi connectivity index (χ2v) is 7.08. The fraction of sp³-hybridized carbons (Fsp3) is 0.500. The number of aliphatic hydroxyl groups excluding tert-OH is 1. The van der Waals surface area contributed by atoms with E-state index >= 15 is 0 Å². The molecule has 0 aliphatic heterocycles. The van der Waals surface area contributed by atoms with Crippen LogP contribution in [0.1, 0.15) is 30.1 Å². The molecule has 0 fully saturated rings. The van der Waals surface area contributed by atoms with Crippen LogP contribution in [0.2, 0.25) is 0 Å². The van der Waals surface area contributed by atoms with E-state index in [4.69, 9.17) is 5.11 Å². The van der Waals surface area contributed by atoms with Gasteiger partial charge in [-0.3, -0.25) is 4.79 Å². The van der Waals surface area contributed by atoms with E-state index in [-0.39, 0.29) is 18.6 Å². The topological polar surface area (TPSA) is 49.3 Å². The Balaban J connectivity index is 2.67. The van der Waals surface area contributed by atoms with Crippen LogP contribution in [0.4, 0.5) is 0 Å². The molecule has 90 valence electrons. The van der Waals surface area contributed by atoms with Gasteiger partial charge in [0.05, 0.1) is 13.1 Å². The number of carbonyl (C=O) groups excluding carboxylic acids is 1. The van der Waals surface area contributed by atoms with Gasteiger partial charge in [-0.2, -0.15) is 0 Å². The summed E-state index contributed by atoms with van der Waals surface area (Å²) in [6.07, 6.45) is 1.40. The van der Waals surface area contributed by atoms with E-state index in [0.717, 1.165) is 14.0 Å². The lowest BCUT2D eigenvalue weighted by Crippen LogP contribution is -2.34. The molecule has 0 aromatic carbocycles. The molecular formula is C10H13Br2NO2S. The minimum Gasteiger partial charge on any atom is -0.396 e. The quantitative estimate of drug-likeness (QED) is 0.836. The fourth-order valence-electron chi connectivity index (χ4n) is 1.29. The summed E-state index contributed by atoms with van der Waals surface area (Å²) in [4.78, 5) is 11.9. The first-order valence-electron chi connectivity index (χ1n) is 4.95. The van der Waals surface area contributed by atoms with Gasteiger partial charge in [-0.25, -0.2) is 0 Å². The van der Waals surface area contributed by atoms with Crippen LogP contribution in [0.25, 0.3) is 0 Å². The predicted molar refractivity (Wildman–Crippen MR) is 73.0 cm³/mol. The molecule has 0 bridgehead atoms. The van der Waals surface area contributed by atoms with E-state index in [1.807, 2.05) is 6.92 Å². The first-order valence-corrected chi connectivity index (χ1v) is 7.35. The van der Waals surface area contributed by atoms with Gasteiger partial charge in [-0.1, -0.05) is 6.92 Å². The third kappa shape index (κ3) is 3.84. The van der Waals surface area contributed by atoms with Crippen LogP contribution < -0.4 is 5.32 Å². The van der Waals surface area contributed by atoms with Gasteiger partial charge in [0.15, 0.2) is 0 Å². The predicted octanol–water partition coefficient (Wildman–Crippen LogP) is 3.16. The van der Waals surface area contributed by atoms with E-state index in [1.165, 1.54) is 11.3 Å². The lowest BCUT2D eigenvalue weighted by molar-refractivity contribution is 0.0929. The van der Waals surface area contributed by atoms with Crippen LogP contribution in [0.15, 0.2) is 13.6 Å². The molecule has 0 saturated carbocycles. The van der Waals surface area contributed by atoms with E-state index in [1.54, 1.807) is 6.07 Å². The van der Waals surface area contributed by atoms with Gasteiger partial charge in [0.1, 0.15) is 0 Å². The number of nitrogens with one attached hydrogen (secondary N) is 1. The molecule has 2 N–H and O–H groups in total. The van der Waals surface area contributed by atoms with E-state index in [9.17, 15) is 4.79 Å². The van der Waals surface area contributed by atoms with Crippen LogP contribution in [0, 0.1) is 0 Å². The molecule has 1 aromatic heterocycles. The largest absolute Gasteiger partial charge is 0.396 e. The SMILES string of the molecule is CCC(CCO)NC(=O)c1cc(Br)sc1Br. The van der Waals surface area contributed by atoms with Crippen molar-refractivity contribution in [2.75, 3.05) is 6.61 Å². The average Bonchev–Trinajstić information content (AvgIpc) is 2.57. The van der Waals surface area contributed by atoms with Crippen molar-refractivity contribution in [1.29, 1.82) is 0 Å². The van der Waals surface area contributed by atoms with Gasteiger partial charge in [-0.05, 0) is 50.8 Å². The number of amides is 1. The molecular weight excluding hydrogens is 358 g/mol. The number of thiophene rings is 1. The molecule has 0 aliphatic carbocycles. The first kappa shape index (κ1) is 14.2.